The van der Waals surface area contributed by atoms with Gasteiger partial charge < -0.3 is 15.7 Å². The van der Waals surface area contributed by atoms with E-state index in [1.165, 1.54) is 0 Å². The average molecular weight is 270 g/mol. The summed E-state index contributed by atoms with van der Waals surface area (Å²) in [6.07, 6.45) is 3.67. The summed E-state index contributed by atoms with van der Waals surface area (Å²) in [5.41, 5.74) is 0. The van der Waals surface area contributed by atoms with Crippen molar-refractivity contribution in [2.75, 3.05) is 13.1 Å². The lowest BCUT2D eigenvalue weighted by Gasteiger charge is -2.27. The summed E-state index contributed by atoms with van der Waals surface area (Å²) in [7, 11) is 0. The van der Waals surface area contributed by atoms with Gasteiger partial charge in [-0.2, -0.15) is 0 Å². The maximum Gasteiger partial charge on any atom is 0.307 e. The van der Waals surface area contributed by atoms with E-state index in [1.54, 1.807) is 0 Å². The Morgan fingerprint density at radius 3 is 2.32 bits per heavy atom. The monoisotopic (exact) mass is 270 g/mol. The molecule has 0 aromatic carbocycles. The number of nitrogens with one attached hydrogen (secondary N) is 2. The van der Waals surface area contributed by atoms with E-state index in [2.05, 4.69) is 10.6 Å². The highest BCUT2D eigenvalue weighted by atomic mass is 16.4. The summed E-state index contributed by atoms with van der Waals surface area (Å²) < 4.78 is 0. The van der Waals surface area contributed by atoms with E-state index in [0.29, 0.717) is 19.4 Å². The summed E-state index contributed by atoms with van der Waals surface area (Å²) in [5, 5.41) is 14.3. The minimum Gasteiger partial charge on any atom is -0.481 e. The summed E-state index contributed by atoms with van der Waals surface area (Å²) in [5.74, 6) is -2.61. The molecule has 2 atom stereocenters. The summed E-state index contributed by atoms with van der Waals surface area (Å²) in [4.78, 5) is 34.4. The zero-order valence-corrected chi connectivity index (χ0v) is 11.3. The third-order valence-electron chi connectivity index (χ3n) is 3.42. The van der Waals surface area contributed by atoms with E-state index in [4.69, 9.17) is 5.11 Å². The highest BCUT2D eigenvalue weighted by Crippen LogP contribution is 2.30. The van der Waals surface area contributed by atoms with Crippen LogP contribution in [0.2, 0.25) is 0 Å². The SMILES string of the molecule is CCCNC(=O)CNC(=O)C1CCCCC1C(=O)O. The van der Waals surface area contributed by atoms with E-state index < -0.39 is 17.8 Å². The van der Waals surface area contributed by atoms with Gasteiger partial charge in [0.2, 0.25) is 11.8 Å². The van der Waals surface area contributed by atoms with Crippen LogP contribution in [0.3, 0.4) is 0 Å². The maximum atomic E-state index is 11.9. The standard InChI is InChI=1S/C13H22N2O4/c1-2-7-14-11(16)8-15-12(17)9-5-3-4-6-10(9)13(18)19/h9-10H,2-8H2,1H3,(H,14,16)(H,15,17)(H,18,19). The van der Waals surface area contributed by atoms with Gasteiger partial charge in [-0.25, -0.2) is 0 Å². The van der Waals surface area contributed by atoms with E-state index in [9.17, 15) is 14.4 Å². The lowest BCUT2D eigenvalue weighted by atomic mass is 9.79. The van der Waals surface area contributed by atoms with Crippen LogP contribution in [0, 0.1) is 11.8 Å². The molecule has 19 heavy (non-hydrogen) atoms. The van der Waals surface area contributed by atoms with Crippen LogP contribution in [-0.2, 0) is 14.4 Å². The highest BCUT2D eigenvalue weighted by Gasteiger charge is 2.35. The molecule has 3 N–H and O–H groups in total. The second-order valence-electron chi connectivity index (χ2n) is 4.90. The van der Waals surface area contributed by atoms with Crippen LogP contribution < -0.4 is 10.6 Å². The van der Waals surface area contributed by atoms with Crippen LogP contribution >= 0.6 is 0 Å². The van der Waals surface area contributed by atoms with E-state index >= 15 is 0 Å². The number of hydrogen-bond acceptors (Lipinski definition) is 3. The van der Waals surface area contributed by atoms with Gasteiger partial charge in [-0.1, -0.05) is 19.8 Å². The van der Waals surface area contributed by atoms with Crippen LogP contribution in [0.1, 0.15) is 39.0 Å². The van der Waals surface area contributed by atoms with Crippen LogP contribution in [0.15, 0.2) is 0 Å². The largest absolute Gasteiger partial charge is 0.481 e. The molecule has 1 aliphatic carbocycles. The quantitative estimate of drug-likeness (QED) is 0.655. The molecule has 2 unspecified atom stereocenters. The zero-order valence-electron chi connectivity index (χ0n) is 11.3. The zero-order chi connectivity index (χ0) is 14.3. The Morgan fingerprint density at radius 2 is 1.74 bits per heavy atom. The average Bonchev–Trinajstić information content (AvgIpc) is 2.42. The molecular formula is C13H22N2O4. The molecule has 1 rings (SSSR count). The molecular weight excluding hydrogens is 248 g/mol. The first-order chi connectivity index (χ1) is 9.06. The van der Waals surface area contributed by atoms with Crippen molar-refractivity contribution in [2.45, 2.75) is 39.0 Å². The van der Waals surface area contributed by atoms with Crippen molar-refractivity contribution in [2.24, 2.45) is 11.8 Å². The van der Waals surface area contributed by atoms with Gasteiger partial charge >= 0.3 is 5.97 Å². The molecule has 0 spiro atoms. The number of carbonyl (C=O) groups excluding carboxylic acids is 2. The minimum absolute atomic E-state index is 0.0817. The molecule has 6 heteroatoms. The summed E-state index contributed by atoms with van der Waals surface area (Å²) in [6, 6.07) is 0. The topological polar surface area (TPSA) is 95.5 Å². The van der Waals surface area contributed by atoms with Gasteiger partial charge in [0.25, 0.3) is 0 Å². The number of amides is 2. The Kier molecular flexibility index (Phi) is 6.32. The molecule has 0 aromatic rings. The minimum atomic E-state index is -0.921. The first-order valence-electron chi connectivity index (χ1n) is 6.83. The molecule has 0 heterocycles. The number of hydrogen-bond donors (Lipinski definition) is 3. The van der Waals surface area contributed by atoms with Gasteiger partial charge in [-0.15, -0.1) is 0 Å². The number of carbonyl (C=O) groups is 3. The fourth-order valence-electron chi connectivity index (χ4n) is 2.37. The highest BCUT2D eigenvalue weighted by molar-refractivity contribution is 5.88. The first kappa shape index (κ1) is 15.5. The Balaban J connectivity index is 2.42. The van der Waals surface area contributed by atoms with Gasteiger partial charge in [0.05, 0.1) is 18.4 Å². The van der Waals surface area contributed by atoms with E-state index in [0.717, 1.165) is 19.3 Å². The van der Waals surface area contributed by atoms with Crippen molar-refractivity contribution in [1.82, 2.24) is 10.6 Å². The van der Waals surface area contributed by atoms with Crippen molar-refractivity contribution in [3.63, 3.8) is 0 Å². The molecule has 6 nitrogen and oxygen atoms in total. The third-order valence-corrected chi connectivity index (χ3v) is 3.42. The van der Waals surface area contributed by atoms with Crippen molar-refractivity contribution in [3.05, 3.63) is 0 Å². The fraction of sp³-hybridized carbons (Fsp3) is 0.769. The first-order valence-corrected chi connectivity index (χ1v) is 6.83. The molecule has 0 radical (unpaired) electrons. The third kappa shape index (κ3) is 4.89. The molecule has 0 bridgehead atoms. The van der Waals surface area contributed by atoms with Crippen molar-refractivity contribution in [1.29, 1.82) is 0 Å². The molecule has 2 amide bonds. The molecule has 0 aliphatic heterocycles. The molecule has 1 aliphatic rings. The lowest BCUT2D eigenvalue weighted by Crippen LogP contribution is -2.43. The molecule has 1 saturated carbocycles. The van der Waals surface area contributed by atoms with Crippen molar-refractivity contribution >= 4 is 17.8 Å². The van der Waals surface area contributed by atoms with Crippen LogP contribution in [-0.4, -0.2) is 36.0 Å². The van der Waals surface area contributed by atoms with Gasteiger partial charge in [0.1, 0.15) is 0 Å². The second kappa shape index (κ2) is 7.76. The lowest BCUT2D eigenvalue weighted by molar-refractivity contribution is -0.149. The number of aliphatic carboxylic acids is 1. The van der Waals surface area contributed by atoms with Crippen LogP contribution in [0.4, 0.5) is 0 Å². The smallest absolute Gasteiger partial charge is 0.307 e. The number of carboxylic acid groups (broad SMARTS) is 1. The normalized spacial score (nSPS) is 22.6. The Bertz CT molecular complexity index is 344. The van der Waals surface area contributed by atoms with Crippen molar-refractivity contribution < 1.29 is 19.5 Å². The summed E-state index contributed by atoms with van der Waals surface area (Å²) >= 11 is 0. The fourth-order valence-corrected chi connectivity index (χ4v) is 2.37. The number of rotatable bonds is 6. The van der Waals surface area contributed by atoms with Crippen LogP contribution in [0.25, 0.3) is 0 Å². The molecule has 1 fully saturated rings. The van der Waals surface area contributed by atoms with E-state index in [-0.39, 0.29) is 18.4 Å². The Hall–Kier alpha value is -1.59. The second-order valence-corrected chi connectivity index (χ2v) is 4.90. The van der Waals surface area contributed by atoms with Crippen molar-refractivity contribution in [3.8, 4) is 0 Å². The number of carboxylic acids is 1. The van der Waals surface area contributed by atoms with Gasteiger partial charge in [-0.3, -0.25) is 14.4 Å². The van der Waals surface area contributed by atoms with Gasteiger partial charge in [0.15, 0.2) is 0 Å². The van der Waals surface area contributed by atoms with Gasteiger partial charge in [-0.05, 0) is 19.3 Å². The maximum absolute atomic E-state index is 11.9. The predicted molar refractivity (Wildman–Crippen MR) is 69.4 cm³/mol. The summed E-state index contributed by atoms with van der Waals surface area (Å²) in [6.45, 7) is 2.44. The molecule has 0 aromatic heterocycles. The van der Waals surface area contributed by atoms with Gasteiger partial charge in [0, 0.05) is 6.54 Å². The molecule has 108 valence electrons. The molecule has 0 saturated heterocycles. The van der Waals surface area contributed by atoms with E-state index in [1.807, 2.05) is 6.92 Å². The Labute approximate surface area is 112 Å². The van der Waals surface area contributed by atoms with Crippen LogP contribution in [0.5, 0.6) is 0 Å². The Morgan fingerprint density at radius 1 is 1.11 bits per heavy atom. The predicted octanol–water partition coefficient (Wildman–Crippen LogP) is 0.520.